The van der Waals surface area contributed by atoms with E-state index in [-0.39, 0.29) is 11.9 Å². The Morgan fingerprint density at radius 1 is 0.967 bits per heavy atom. The minimum absolute atomic E-state index is 0.105. The summed E-state index contributed by atoms with van der Waals surface area (Å²) >= 11 is 0. The van der Waals surface area contributed by atoms with Crippen molar-refractivity contribution in [2.75, 3.05) is 46.1 Å². The smallest absolute Gasteiger partial charge is 0.227 e. The molecule has 0 aromatic heterocycles. The monoisotopic (exact) mass is 410 g/mol. The van der Waals surface area contributed by atoms with Crippen LogP contribution in [0.4, 0.5) is 0 Å². The Kier molecular flexibility index (Phi) is 6.87. The van der Waals surface area contributed by atoms with E-state index in [2.05, 4.69) is 24.0 Å². The first kappa shape index (κ1) is 20.7. The molecule has 0 radical (unpaired) electrons. The fourth-order valence-electron chi connectivity index (χ4n) is 4.00. The van der Waals surface area contributed by atoms with Gasteiger partial charge in [0.2, 0.25) is 5.91 Å². The summed E-state index contributed by atoms with van der Waals surface area (Å²) in [7, 11) is 0. The number of carbonyl (C=O) groups is 1. The van der Waals surface area contributed by atoms with Crippen LogP contribution < -0.4 is 9.47 Å². The lowest BCUT2D eigenvalue weighted by atomic mass is 10.1. The minimum atomic E-state index is 0.105. The molecular weight excluding hydrogens is 380 g/mol. The van der Waals surface area contributed by atoms with Crippen LogP contribution in [0.5, 0.6) is 11.5 Å². The largest absolute Gasteiger partial charge is 0.486 e. The zero-order chi connectivity index (χ0) is 20.8. The maximum Gasteiger partial charge on any atom is 0.227 e. The van der Waals surface area contributed by atoms with Crippen molar-refractivity contribution in [3.8, 4) is 11.5 Å². The van der Waals surface area contributed by atoms with Crippen LogP contribution >= 0.6 is 0 Å². The molecule has 2 aliphatic rings. The molecule has 2 heterocycles. The lowest BCUT2D eigenvalue weighted by Crippen LogP contribution is -2.48. The van der Waals surface area contributed by atoms with Gasteiger partial charge in [0.25, 0.3) is 0 Å². The van der Waals surface area contributed by atoms with Crippen molar-refractivity contribution in [2.24, 2.45) is 0 Å². The number of amides is 1. The average molecular weight is 411 g/mol. The second kappa shape index (κ2) is 9.96. The van der Waals surface area contributed by atoms with Crippen LogP contribution in [-0.2, 0) is 22.5 Å². The van der Waals surface area contributed by atoms with E-state index in [1.165, 1.54) is 0 Å². The number of hydrogen-bond acceptors (Lipinski definition) is 5. The Morgan fingerprint density at radius 3 is 2.47 bits per heavy atom. The van der Waals surface area contributed by atoms with Crippen molar-refractivity contribution in [1.82, 2.24) is 9.80 Å². The number of rotatable bonds is 7. The average Bonchev–Trinajstić information content (AvgIpc) is 2.78. The number of carbonyl (C=O) groups excluding carboxylic acids is 1. The molecule has 30 heavy (non-hydrogen) atoms. The van der Waals surface area contributed by atoms with Crippen LogP contribution in [0.2, 0.25) is 0 Å². The molecular formula is C24H30N2O4. The van der Waals surface area contributed by atoms with Gasteiger partial charge in [0.05, 0.1) is 19.6 Å². The topological polar surface area (TPSA) is 51.2 Å². The van der Waals surface area contributed by atoms with Crippen molar-refractivity contribution >= 4 is 5.91 Å². The normalized spacial score (nSPS) is 17.4. The molecule has 2 aromatic rings. The van der Waals surface area contributed by atoms with E-state index in [1.54, 1.807) is 0 Å². The Labute approximate surface area is 178 Å². The number of nitrogens with zero attached hydrogens (tertiary/aromatic N) is 2. The number of morpholine rings is 1. The van der Waals surface area contributed by atoms with E-state index in [4.69, 9.17) is 14.2 Å². The molecule has 1 unspecified atom stereocenters. The zero-order valence-electron chi connectivity index (χ0n) is 17.6. The highest BCUT2D eigenvalue weighted by Gasteiger charge is 2.24. The molecule has 2 aliphatic heterocycles. The molecule has 0 spiro atoms. The summed E-state index contributed by atoms with van der Waals surface area (Å²) in [5.41, 5.74) is 2.09. The highest BCUT2D eigenvalue weighted by Crippen LogP contribution is 2.31. The number of benzene rings is 2. The summed E-state index contributed by atoms with van der Waals surface area (Å²) in [6.07, 6.45) is 0.344. The van der Waals surface area contributed by atoms with E-state index in [1.807, 2.05) is 41.3 Å². The van der Waals surface area contributed by atoms with Gasteiger partial charge in [0.1, 0.15) is 13.2 Å². The van der Waals surface area contributed by atoms with Crippen LogP contribution in [0.3, 0.4) is 0 Å². The Balaban J connectivity index is 1.48. The number of ether oxygens (including phenoxy) is 3. The van der Waals surface area contributed by atoms with Crippen molar-refractivity contribution < 1.29 is 19.0 Å². The molecule has 6 heteroatoms. The molecule has 1 amide bonds. The molecule has 0 N–H and O–H groups in total. The van der Waals surface area contributed by atoms with Crippen LogP contribution in [-0.4, -0.2) is 67.8 Å². The maximum atomic E-state index is 13.4. The molecule has 1 fully saturated rings. The SMILES string of the molecule is CC(CN1CCOCC1)N(Cc1ccccc1)C(=O)Cc1ccc2c(c1)OCCO2. The van der Waals surface area contributed by atoms with E-state index < -0.39 is 0 Å². The molecule has 6 nitrogen and oxygen atoms in total. The van der Waals surface area contributed by atoms with E-state index in [0.29, 0.717) is 26.2 Å². The predicted octanol–water partition coefficient (Wildman–Crippen LogP) is 2.75. The quantitative estimate of drug-likeness (QED) is 0.703. The van der Waals surface area contributed by atoms with Gasteiger partial charge < -0.3 is 19.1 Å². The first-order chi connectivity index (χ1) is 14.7. The summed E-state index contributed by atoms with van der Waals surface area (Å²) in [5, 5.41) is 0. The summed E-state index contributed by atoms with van der Waals surface area (Å²) in [6.45, 7) is 8.06. The summed E-state index contributed by atoms with van der Waals surface area (Å²) in [4.78, 5) is 17.8. The van der Waals surface area contributed by atoms with Gasteiger partial charge in [-0.25, -0.2) is 0 Å². The maximum absolute atomic E-state index is 13.4. The fraction of sp³-hybridized carbons (Fsp3) is 0.458. The van der Waals surface area contributed by atoms with Crippen molar-refractivity contribution in [1.29, 1.82) is 0 Å². The Bertz CT molecular complexity index is 836. The summed E-state index contributed by atoms with van der Waals surface area (Å²) in [5.74, 6) is 1.60. The molecule has 0 saturated carbocycles. The van der Waals surface area contributed by atoms with Crippen LogP contribution in [0.25, 0.3) is 0 Å². The van der Waals surface area contributed by atoms with Crippen LogP contribution in [0.1, 0.15) is 18.1 Å². The number of fused-ring (bicyclic) bond motifs is 1. The molecule has 160 valence electrons. The van der Waals surface area contributed by atoms with Gasteiger partial charge >= 0.3 is 0 Å². The van der Waals surface area contributed by atoms with E-state index in [9.17, 15) is 4.79 Å². The van der Waals surface area contributed by atoms with Crippen molar-refractivity contribution in [2.45, 2.75) is 25.9 Å². The van der Waals surface area contributed by atoms with Gasteiger partial charge in [-0.2, -0.15) is 0 Å². The summed E-state index contributed by atoms with van der Waals surface area (Å²) in [6, 6.07) is 16.1. The van der Waals surface area contributed by atoms with Gasteiger partial charge in [-0.3, -0.25) is 9.69 Å². The second-order valence-corrected chi connectivity index (χ2v) is 7.92. The minimum Gasteiger partial charge on any atom is -0.486 e. The van der Waals surface area contributed by atoms with Gasteiger partial charge in [0, 0.05) is 32.2 Å². The lowest BCUT2D eigenvalue weighted by Gasteiger charge is -2.35. The second-order valence-electron chi connectivity index (χ2n) is 7.92. The van der Waals surface area contributed by atoms with Gasteiger partial charge in [-0.05, 0) is 30.2 Å². The third-order valence-corrected chi connectivity index (χ3v) is 5.64. The molecule has 0 aliphatic carbocycles. The Morgan fingerprint density at radius 2 is 1.70 bits per heavy atom. The highest BCUT2D eigenvalue weighted by molar-refractivity contribution is 5.79. The molecule has 4 rings (SSSR count). The van der Waals surface area contributed by atoms with Gasteiger partial charge in [-0.1, -0.05) is 36.4 Å². The predicted molar refractivity (Wildman–Crippen MR) is 115 cm³/mol. The number of hydrogen-bond donors (Lipinski definition) is 0. The highest BCUT2D eigenvalue weighted by atomic mass is 16.6. The van der Waals surface area contributed by atoms with Crippen LogP contribution in [0.15, 0.2) is 48.5 Å². The van der Waals surface area contributed by atoms with Crippen molar-refractivity contribution in [3.63, 3.8) is 0 Å². The fourth-order valence-corrected chi connectivity index (χ4v) is 4.00. The Hall–Kier alpha value is -2.57. The lowest BCUT2D eigenvalue weighted by molar-refractivity contribution is -0.133. The van der Waals surface area contributed by atoms with E-state index in [0.717, 1.165) is 55.5 Å². The first-order valence-corrected chi connectivity index (χ1v) is 10.7. The first-order valence-electron chi connectivity index (χ1n) is 10.7. The summed E-state index contributed by atoms with van der Waals surface area (Å²) < 4.78 is 16.7. The molecule has 0 bridgehead atoms. The molecule has 2 aromatic carbocycles. The zero-order valence-corrected chi connectivity index (χ0v) is 17.6. The third-order valence-electron chi connectivity index (χ3n) is 5.64. The standard InChI is InChI=1S/C24H30N2O4/c1-19(17-25-9-11-28-12-10-25)26(18-20-5-3-2-4-6-20)24(27)16-21-7-8-22-23(15-21)30-14-13-29-22/h2-8,15,19H,9-14,16-18H2,1H3. The van der Waals surface area contributed by atoms with Crippen LogP contribution in [0, 0.1) is 0 Å². The van der Waals surface area contributed by atoms with Gasteiger partial charge in [-0.15, -0.1) is 0 Å². The molecule has 1 atom stereocenters. The van der Waals surface area contributed by atoms with Gasteiger partial charge in [0.15, 0.2) is 11.5 Å². The molecule has 1 saturated heterocycles. The van der Waals surface area contributed by atoms with Crippen molar-refractivity contribution in [3.05, 3.63) is 59.7 Å². The third kappa shape index (κ3) is 5.32. The van der Waals surface area contributed by atoms with E-state index >= 15 is 0 Å².